The molecule has 6 heteroatoms. The van der Waals surface area contributed by atoms with Crippen molar-refractivity contribution in [1.29, 1.82) is 0 Å². The van der Waals surface area contributed by atoms with Gasteiger partial charge in [0.05, 0.1) is 12.5 Å². The second kappa shape index (κ2) is 6.95. The van der Waals surface area contributed by atoms with Crippen molar-refractivity contribution in [2.45, 2.75) is 46.1 Å². The van der Waals surface area contributed by atoms with E-state index < -0.39 is 0 Å². The number of hydrogen-bond acceptors (Lipinski definition) is 3. The number of piperidine rings is 2. The number of likely N-dealkylation sites (tertiary alicyclic amines) is 2. The molecule has 2 saturated heterocycles. The van der Waals surface area contributed by atoms with E-state index in [-0.39, 0.29) is 23.1 Å². The van der Waals surface area contributed by atoms with Gasteiger partial charge in [-0.05, 0) is 37.7 Å². The summed E-state index contributed by atoms with van der Waals surface area (Å²) in [6.07, 6.45) is 7.30. The molecular formula is C18H28N4O2. The number of amides is 2. The van der Waals surface area contributed by atoms with Crippen LogP contribution in [0.4, 0.5) is 0 Å². The van der Waals surface area contributed by atoms with Gasteiger partial charge in [0.1, 0.15) is 0 Å². The zero-order valence-electron chi connectivity index (χ0n) is 14.8. The van der Waals surface area contributed by atoms with Crippen LogP contribution in [-0.4, -0.2) is 57.6 Å². The zero-order chi connectivity index (χ0) is 17.2. The Labute approximate surface area is 143 Å². The predicted molar refractivity (Wildman–Crippen MR) is 91.1 cm³/mol. The Bertz CT molecular complexity index is 576. The molecule has 0 radical (unpaired) electrons. The van der Waals surface area contributed by atoms with Crippen LogP contribution in [-0.2, 0) is 16.1 Å². The largest absolute Gasteiger partial charge is 0.342 e. The molecule has 2 aliphatic heterocycles. The third kappa shape index (κ3) is 3.47. The first-order valence-electron chi connectivity index (χ1n) is 9.07. The fourth-order valence-electron chi connectivity index (χ4n) is 4.08. The lowest BCUT2D eigenvalue weighted by Gasteiger charge is -2.47. The van der Waals surface area contributed by atoms with Gasteiger partial charge in [0.25, 0.3) is 0 Å². The SMILES string of the molecule is CCN1CC2(CCC1=O)CCN(C(=O)C(C)Cn1cccn1)CC2. The molecule has 0 aliphatic carbocycles. The van der Waals surface area contributed by atoms with Crippen LogP contribution in [0.1, 0.15) is 39.5 Å². The minimum Gasteiger partial charge on any atom is -0.342 e. The van der Waals surface area contributed by atoms with Crippen molar-refractivity contribution in [1.82, 2.24) is 19.6 Å². The van der Waals surface area contributed by atoms with Crippen molar-refractivity contribution < 1.29 is 9.59 Å². The Kier molecular flexibility index (Phi) is 4.92. The summed E-state index contributed by atoms with van der Waals surface area (Å²) in [5, 5.41) is 4.19. The van der Waals surface area contributed by atoms with Crippen molar-refractivity contribution in [3.05, 3.63) is 18.5 Å². The van der Waals surface area contributed by atoms with Gasteiger partial charge >= 0.3 is 0 Å². The summed E-state index contributed by atoms with van der Waals surface area (Å²) in [6.45, 7) is 7.95. The Balaban J connectivity index is 1.54. The summed E-state index contributed by atoms with van der Waals surface area (Å²) in [5.74, 6) is 0.452. The topological polar surface area (TPSA) is 58.4 Å². The first-order valence-corrected chi connectivity index (χ1v) is 9.07. The first-order chi connectivity index (χ1) is 11.5. The van der Waals surface area contributed by atoms with Crippen LogP contribution in [0.15, 0.2) is 18.5 Å². The molecule has 0 aromatic carbocycles. The van der Waals surface area contributed by atoms with Crippen LogP contribution in [0.25, 0.3) is 0 Å². The van der Waals surface area contributed by atoms with Gasteiger partial charge in [0.15, 0.2) is 0 Å². The number of hydrogen-bond donors (Lipinski definition) is 0. The number of nitrogens with zero attached hydrogens (tertiary/aromatic N) is 4. The molecule has 0 bridgehead atoms. The molecule has 1 aromatic heterocycles. The Hall–Kier alpha value is -1.85. The summed E-state index contributed by atoms with van der Waals surface area (Å²) in [6, 6.07) is 1.88. The molecular weight excluding hydrogens is 304 g/mol. The van der Waals surface area contributed by atoms with E-state index in [0.717, 1.165) is 45.4 Å². The maximum atomic E-state index is 12.7. The predicted octanol–water partition coefficient (Wildman–Crippen LogP) is 1.77. The van der Waals surface area contributed by atoms with Gasteiger partial charge in [-0.25, -0.2) is 0 Å². The summed E-state index contributed by atoms with van der Waals surface area (Å²) < 4.78 is 1.82. The van der Waals surface area contributed by atoms with Crippen molar-refractivity contribution in [3.8, 4) is 0 Å². The van der Waals surface area contributed by atoms with Crippen LogP contribution in [0.3, 0.4) is 0 Å². The van der Waals surface area contributed by atoms with Gasteiger partial charge in [-0.2, -0.15) is 5.10 Å². The summed E-state index contributed by atoms with van der Waals surface area (Å²) >= 11 is 0. The average molecular weight is 332 g/mol. The number of rotatable bonds is 4. The highest BCUT2D eigenvalue weighted by Crippen LogP contribution is 2.40. The quantitative estimate of drug-likeness (QED) is 0.844. The highest BCUT2D eigenvalue weighted by molar-refractivity contribution is 5.79. The smallest absolute Gasteiger partial charge is 0.227 e. The molecule has 6 nitrogen and oxygen atoms in total. The number of carbonyl (C=O) groups is 2. The fourth-order valence-corrected chi connectivity index (χ4v) is 4.08. The molecule has 3 heterocycles. The maximum absolute atomic E-state index is 12.7. The normalized spacial score (nSPS) is 22.0. The number of carbonyl (C=O) groups excluding carboxylic acids is 2. The molecule has 0 N–H and O–H groups in total. The minimum absolute atomic E-state index is 0.0565. The molecule has 2 aliphatic rings. The molecule has 1 atom stereocenters. The van der Waals surface area contributed by atoms with E-state index in [9.17, 15) is 9.59 Å². The lowest BCUT2D eigenvalue weighted by Crippen LogP contribution is -2.53. The van der Waals surface area contributed by atoms with Crippen molar-refractivity contribution in [2.75, 3.05) is 26.2 Å². The van der Waals surface area contributed by atoms with Gasteiger partial charge in [-0.15, -0.1) is 0 Å². The van der Waals surface area contributed by atoms with Crippen molar-refractivity contribution in [3.63, 3.8) is 0 Å². The molecule has 3 rings (SSSR count). The third-order valence-corrected chi connectivity index (χ3v) is 5.71. The molecule has 1 aromatic rings. The molecule has 0 saturated carbocycles. The standard InChI is InChI=1S/C18H28N4O2/c1-3-20-14-18(6-5-16(20)23)7-11-21(12-8-18)17(24)15(2)13-22-10-4-9-19-22/h4,9-10,15H,3,5-8,11-14H2,1-2H3. The van der Waals surface area contributed by atoms with Gasteiger partial charge in [0.2, 0.25) is 11.8 Å². The van der Waals surface area contributed by atoms with Gasteiger partial charge in [-0.3, -0.25) is 14.3 Å². The van der Waals surface area contributed by atoms with Gasteiger partial charge in [-0.1, -0.05) is 6.92 Å². The first kappa shape index (κ1) is 17.0. The van der Waals surface area contributed by atoms with E-state index in [4.69, 9.17) is 0 Å². The maximum Gasteiger partial charge on any atom is 0.227 e. The van der Waals surface area contributed by atoms with E-state index in [1.807, 2.05) is 40.6 Å². The van der Waals surface area contributed by atoms with Gasteiger partial charge < -0.3 is 9.80 Å². The van der Waals surface area contributed by atoms with Crippen LogP contribution in [0.2, 0.25) is 0 Å². The summed E-state index contributed by atoms with van der Waals surface area (Å²) in [4.78, 5) is 28.6. The highest BCUT2D eigenvalue weighted by atomic mass is 16.2. The Morgan fingerprint density at radius 2 is 2.08 bits per heavy atom. The van der Waals surface area contributed by atoms with E-state index in [2.05, 4.69) is 5.10 Å². The molecule has 2 fully saturated rings. The molecule has 1 unspecified atom stereocenters. The summed E-state index contributed by atoms with van der Waals surface area (Å²) in [7, 11) is 0. The van der Waals surface area contributed by atoms with Crippen LogP contribution in [0.5, 0.6) is 0 Å². The molecule has 2 amide bonds. The Morgan fingerprint density at radius 3 is 2.71 bits per heavy atom. The van der Waals surface area contributed by atoms with E-state index in [0.29, 0.717) is 13.0 Å². The average Bonchev–Trinajstić information content (AvgIpc) is 3.10. The lowest BCUT2D eigenvalue weighted by molar-refractivity contribution is -0.144. The minimum atomic E-state index is -0.0565. The zero-order valence-corrected chi connectivity index (χ0v) is 14.8. The highest BCUT2D eigenvalue weighted by Gasteiger charge is 2.41. The van der Waals surface area contributed by atoms with E-state index in [1.54, 1.807) is 6.20 Å². The monoisotopic (exact) mass is 332 g/mol. The molecule has 132 valence electrons. The third-order valence-electron chi connectivity index (χ3n) is 5.71. The number of aromatic nitrogens is 2. The van der Waals surface area contributed by atoms with Crippen LogP contribution >= 0.6 is 0 Å². The van der Waals surface area contributed by atoms with Crippen molar-refractivity contribution in [2.24, 2.45) is 11.3 Å². The van der Waals surface area contributed by atoms with E-state index in [1.165, 1.54) is 0 Å². The van der Waals surface area contributed by atoms with Crippen LogP contribution < -0.4 is 0 Å². The Morgan fingerprint density at radius 1 is 1.33 bits per heavy atom. The lowest BCUT2D eigenvalue weighted by atomic mass is 9.72. The van der Waals surface area contributed by atoms with E-state index >= 15 is 0 Å². The van der Waals surface area contributed by atoms with Gasteiger partial charge in [0, 0.05) is 45.0 Å². The fraction of sp³-hybridized carbons (Fsp3) is 0.722. The summed E-state index contributed by atoms with van der Waals surface area (Å²) in [5.41, 5.74) is 0.228. The second-order valence-corrected chi connectivity index (χ2v) is 7.36. The molecule has 24 heavy (non-hydrogen) atoms. The van der Waals surface area contributed by atoms with Crippen LogP contribution in [0, 0.1) is 11.3 Å². The molecule has 1 spiro atoms. The van der Waals surface area contributed by atoms with Crippen molar-refractivity contribution >= 4 is 11.8 Å². The second-order valence-electron chi connectivity index (χ2n) is 7.36.